The summed E-state index contributed by atoms with van der Waals surface area (Å²) in [5.74, 6) is -1.71. The fourth-order valence-electron chi connectivity index (χ4n) is 1.40. The molecule has 0 aliphatic rings. The van der Waals surface area contributed by atoms with Crippen LogP contribution in [0.25, 0.3) is 0 Å². The molecule has 1 aromatic rings. The van der Waals surface area contributed by atoms with Crippen molar-refractivity contribution in [1.29, 1.82) is 0 Å². The summed E-state index contributed by atoms with van der Waals surface area (Å²) in [6.45, 7) is 11.5. The van der Waals surface area contributed by atoms with Crippen molar-refractivity contribution in [2.45, 2.75) is 26.8 Å². The monoisotopic (exact) mass is 680 g/mol. The van der Waals surface area contributed by atoms with E-state index in [4.69, 9.17) is 5.11 Å². The first kappa shape index (κ1) is 33.9. The molecular weight excluding hydrogens is 649 g/mol. The SMILES string of the molecule is C=C.CCNC(=O)CNC(=O)C(C)N[C-]=O.Cc1ccccc1.O=CNCC(=O)O.[Fm]. The zero-order valence-corrected chi connectivity index (χ0v) is 20.3. The molecule has 180 valence electrons. The Hall–Kier alpha value is -4.69. The molecule has 0 aliphatic carbocycles. The Morgan fingerprint density at radius 1 is 1.13 bits per heavy atom. The first-order valence-corrected chi connectivity index (χ1v) is 8.85. The van der Waals surface area contributed by atoms with Crippen LogP contribution in [0.2, 0.25) is 0 Å². The Labute approximate surface area is 177 Å². The number of carboxylic acid groups (broad SMARTS) is 1. The van der Waals surface area contributed by atoms with E-state index in [0.717, 1.165) is 0 Å². The van der Waals surface area contributed by atoms with E-state index in [-0.39, 0.29) is 19.0 Å². The molecular formula is C20H31FmN4O6-. The van der Waals surface area contributed by atoms with Crippen LogP contribution in [0.15, 0.2) is 43.5 Å². The minimum atomic E-state index is -1.04. The smallest absolute Gasteiger partial charge is 0.322 e. The van der Waals surface area contributed by atoms with E-state index in [1.165, 1.54) is 18.9 Å². The average molecular weight is 680 g/mol. The molecule has 5 N–H and O–H groups in total. The summed E-state index contributed by atoms with van der Waals surface area (Å²) >= 11 is 0. The van der Waals surface area contributed by atoms with Gasteiger partial charge >= 0.3 is 5.97 Å². The summed E-state index contributed by atoms with van der Waals surface area (Å²) in [5, 5.41) is 16.8. The van der Waals surface area contributed by atoms with Gasteiger partial charge in [0.1, 0.15) is 6.54 Å². The van der Waals surface area contributed by atoms with Crippen LogP contribution in [0.4, 0.5) is 0 Å². The van der Waals surface area contributed by atoms with E-state index in [2.05, 4.69) is 48.2 Å². The van der Waals surface area contributed by atoms with Crippen LogP contribution in [0.1, 0.15) is 19.4 Å². The predicted octanol–water partition coefficient (Wildman–Crippen LogP) is -0.102. The van der Waals surface area contributed by atoms with Crippen molar-refractivity contribution in [3.05, 3.63) is 49.1 Å². The molecule has 31 heavy (non-hydrogen) atoms. The van der Waals surface area contributed by atoms with Crippen LogP contribution in [0.5, 0.6) is 0 Å². The van der Waals surface area contributed by atoms with Crippen LogP contribution in [-0.2, 0) is 24.0 Å². The van der Waals surface area contributed by atoms with Gasteiger partial charge in [-0.2, -0.15) is 6.41 Å². The molecule has 0 aromatic heterocycles. The normalized spacial score (nSPS) is 8.87. The molecule has 4 amide bonds. The Balaban J connectivity index is -0.000000181. The summed E-state index contributed by atoms with van der Waals surface area (Å²) in [4.78, 5) is 50.8. The van der Waals surface area contributed by atoms with Gasteiger partial charge in [0, 0.05) is 6.54 Å². The zero-order valence-electron chi connectivity index (χ0n) is 17.9. The second-order valence-corrected chi connectivity index (χ2v) is 5.19. The minimum absolute atomic E-state index is 0. The number of hydrogen-bond donors (Lipinski definition) is 5. The van der Waals surface area contributed by atoms with Crippen LogP contribution in [0.3, 0.4) is 0 Å². The van der Waals surface area contributed by atoms with Gasteiger partial charge < -0.3 is 31.2 Å². The van der Waals surface area contributed by atoms with Gasteiger partial charge in [-0.05, 0) is 20.8 Å². The van der Waals surface area contributed by atoms with Crippen LogP contribution in [-0.4, -0.2) is 61.4 Å². The molecule has 0 saturated heterocycles. The van der Waals surface area contributed by atoms with Crippen molar-refractivity contribution < 1.29 is 29.1 Å². The van der Waals surface area contributed by atoms with Gasteiger partial charge in [0.15, 0.2) is 0 Å². The number of hydrogen-bond acceptors (Lipinski definition) is 5. The summed E-state index contributed by atoms with van der Waals surface area (Å²) in [5.41, 5.74) is 1.32. The van der Waals surface area contributed by atoms with E-state index < -0.39 is 17.9 Å². The molecule has 1 rings (SSSR count). The summed E-state index contributed by atoms with van der Waals surface area (Å²) in [6.07, 6.45) is 1.74. The standard InChI is InChI=1S/C8H14N3O3.C7H8.C3H5NO3.C2H4.Fm/c1-3-9-7(13)4-10-8(14)6(2)11-5-12;1-7-5-3-2-4-6-7;5-2-4-1-3(6)7;1-2;/h6H,3-4H2,1-2H3,(H,9,13)(H,10,14)(H,11,12);2-6H,1H3;2H,1H2,(H,4,5)(H,6,7);1-2H2;/q-1;;;;. The molecule has 0 heterocycles. The molecule has 0 saturated carbocycles. The maximum Gasteiger partial charge on any atom is 0.322 e. The second kappa shape index (κ2) is 25.3. The maximum absolute atomic E-state index is 11.1. The number of rotatable bonds is 9. The largest absolute Gasteiger partial charge is 0.520 e. The number of aryl methyl sites for hydroxylation is 1. The number of carboxylic acids is 1. The average Bonchev–Trinajstić information content (AvgIpc) is 2.74. The van der Waals surface area contributed by atoms with E-state index in [1.807, 2.05) is 23.5 Å². The van der Waals surface area contributed by atoms with Gasteiger partial charge in [0.25, 0.3) is 0 Å². The first-order valence-electron chi connectivity index (χ1n) is 8.85. The third-order valence-corrected chi connectivity index (χ3v) is 2.74. The van der Waals surface area contributed by atoms with Gasteiger partial charge in [-0.1, -0.05) is 35.9 Å². The second-order valence-electron chi connectivity index (χ2n) is 5.19. The number of nitrogens with one attached hydrogen (secondary N) is 4. The molecule has 1 atom stereocenters. The number of carbonyl (C=O) groups is 4. The van der Waals surface area contributed by atoms with Gasteiger partial charge in [-0.15, -0.1) is 13.2 Å². The first-order chi connectivity index (χ1) is 14.3. The number of benzene rings is 1. The van der Waals surface area contributed by atoms with Gasteiger partial charge in [-0.3, -0.25) is 19.2 Å². The summed E-state index contributed by atoms with van der Waals surface area (Å²) in [6, 6.07) is 9.58. The number of likely N-dealkylation sites (N-methyl/N-ethyl adjacent to an activating group) is 1. The summed E-state index contributed by atoms with van der Waals surface area (Å²) < 4.78 is 0. The van der Waals surface area contributed by atoms with Crippen molar-refractivity contribution >= 4 is 30.6 Å². The van der Waals surface area contributed by atoms with Crippen molar-refractivity contribution in [2.24, 2.45) is 0 Å². The molecule has 0 aliphatic heterocycles. The topological polar surface area (TPSA) is 154 Å². The van der Waals surface area contributed by atoms with Crippen LogP contribution < -0.4 is 21.3 Å². The van der Waals surface area contributed by atoms with Crippen molar-refractivity contribution in [3.8, 4) is 0 Å². The molecule has 10 nitrogen and oxygen atoms in total. The molecule has 0 spiro atoms. The Morgan fingerprint density at radius 2 is 1.68 bits per heavy atom. The fraction of sp³-hybridized carbons (Fsp3) is 0.350. The van der Waals surface area contributed by atoms with Gasteiger partial charge in [0.2, 0.25) is 18.2 Å². The van der Waals surface area contributed by atoms with Crippen LogP contribution in [0, 0.1) is 6.92 Å². The molecule has 11 heteroatoms. The van der Waals surface area contributed by atoms with E-state index in [9.17, 15) is 24.0 Å². The van der Waals surface area contributed by atoms with Gasteiger partial charge in [0.05, 0.1) is 12.6 Å². The molecule has 1 unspecified atom stereocenters. The third-order valence-electron chi connectivity index (χ3n) is 2.74. The fourth-order valence-corrected chi connectivity index (χ4v) is 1.40. The Kier molecular flexibility index (Phi) is 27.6. The van der Waals surface area contributed by atoms with Crippen LogP contribution >= 0.6 is 0 Å². The number of carbonyl (C=O) groups excluding carboxylic acids is 4. The van der Waals surface area contributed by atoms with Crippen molar-refractivity contribution in [3.63, 3.8) is 0 Å². The van der Waals surface area contributed by atoms with Crippen molar-refractivity contribution in [1.82, 2.24) is 21.3 Å². The number of aliphatic carboxylic acids is 1. The quantitative estimate of drug-likeness (QED) is 0.106. The van der Waals surface area contributed by atoms with E-state index >= 15 is 0 Å². The van der Waals surface area contributed by atoms with E-state index in [0.29, 0.717) is 13.0 Å². The maximum atomic E-state index is 11.1. The molecule has 1 aromatic carbocycles. The third kappa shape index (κ3) is 27.6. The zero-order chi connectivity index (χ0) is 23.8. The predicted molar refractivity (Wildman–Crippen MR) is 114 cm³/mol. The molecule has 0 radical (unpaired) electrons. The Bertz CT molecular complexity index is 617. The Morgan fingerprint density at radius 3 is 2.00 bits per heavy atom. The number of amides is 4. The van der Waals surface area contributed by atoms with Crippen molar-refractivity contribution in [2.75, 3.05) is 19.6 Å². The van der Waals surface area contributed by atoms with E-state index in [1.54, 1.807) is 6.92 Å². The molecule has 0 fully saturated rings. The van der Waals surface area contributed by atoms with Gasteiger partial charge in [-0.25, -0.2) is 0 Å². The summed E-state index contributed by atoms with van der Waals surface area (Å²) in [7, 11) is 0. The minimum Gasteiger partial charge on any atom is -0.520 e. The molecule has 0 bridgehead atoms.